The molecular formula is C13H27N3O2. The Hall–Kier alpha value is -0.650. The maximum atomic E-state index is 11.8. The van der Waals surface area contributed by atoms with Crippen LogP contribution in [0.1, 0.15) is 33.6 Å². The highest BCUT2D eigenvalue weighted by Gasteiger charge is 2.29. The molecule has 106 valence electrons. The van der Waals surface area contributed by atoms with Crippen LogP contribution < -0.4 is 11.1 Å². The van der Waals surface area contributed by atoms with Gasteiger partial charge in [-0.1, -0.05) is 13.3 Å². The lowest BCUT2D eigenvalue weighted by Gasteiger charge is -2.41. The van der Waals surface area contributed by atoms with E-state index < -0.39 is 0 Å². The summed E-state index contributed by atoms with van der Waals surface area (Å²) in [7, 11) is 0. The Morgan fingerprint density at radius 3 is 2.61 bits per heavy atom. The summed E-state index contributed by atoms with van der Waals surface area (Å²) in [4.78, 5) is 14.1. The number of amides is 1. The molecule has 0 aromatic heterocycles. The van der Waals surface area contributed by atoms with Crippen molar-refractivity contribution in [1.82, 2.24) is 10.2 Å². The fourth-order valence-corrected chi connectivity index (χ4v) is 2.16. The number of nitrogens with one attached hydrogen (secondary N) is 1. The number of nitrogens with two attached hydrogens (primary N) is 1. The van der Waals surface area contributed by atoms with Gasteiger partial charge in [-0.3, -0.25) is 9.69 Å². The lowest BCUT2D eigenvalue weighted by Crippen LogP contribution is -2.56. The number of rotatable bonds is 6. The fraction of sp³-hybridized carbons (Fsp3) is 0.923. The summed E-state index contributed by atoms with van der Waals surface area (Å²) in [5.41, 5.74) is 5.74. The lowest BCUT2D eigenvalue weighted by molar-refractivity contribution is -0.123. The second kappa shape index (κ2) is 7.07. The zero-order valence-corrected chi connectivity index (χ0v) is 11.9. The van der Waals surface area contributed by atoms with Crippen LogP contribution in [0.15, 0.2) is 0 Å². The quantitative estimate of drug-likeness (QED) is 0.720. The second-order valence-corrected chi connectivity index (χ2v) is 5.52. The normalized spacial score (nSPS) is 19.6. The van der Waals surface area contributed by atoms with Crippen molar-refractivity contribution in [3.63, 3.8) is 0 Å². The molecule has 0 aliphatic carbocycles. The van der Waals surface area contributed by atoms with Gasteiger partial charge in [-0.05, 0) is 20.3 Å². The van der Waals surface area contributed by atoms with Gasteiger partial charge in [0, 0.05) is 25.2 Å². The molecule has 1 amide bonds. The number of carbonyl (C=O) groups excluding carboxylic acids is 1. The summed E-state index contributed by atoms with van der Waals surface area (Å²) >= 11 is 0. The standard InChI is InChI=1S/C13H27N3O2/c1-4-5-11(14)12(17)15-10-13(2,3)16-6-8-18-9-7-16/h11H,4-10,14H2,1-3H3,(H,15,17)/t11-/m1/s1. The molecule has 0 saturated carbocycles. The van der Waals surface area contributed by atoms with Gasteiger partial charge in [-0.2, -0.15) is 0 Å². The Balaban J connectivity index is 2.38. The third-order valence-electron chi connectivity index (χ3n) is 3.50. The van der Waals surface area contributed by atoms with E-state index in [0.717, 1.165) is 39.1 Å². The van der Waals surface area contributed by atoms with E-state index in [9.17, 15) is 4.79 Å². The molecule has 1 fully saturated rings. The Kier molecular flexibility index (Phi) is 6.05. The molecular weight excluding hydrogens is 230 g/mol. The first-order valence-corrected chi connectivity index (χ1v) is 6.83. The summed E-state index contributed by atoms with van der Waals surface area (Å²) in [5.74, 6) is -0.0433. The predicted molar refractivity (Wildman–Crippen MR) is 72.4 cm³/mol. The fourth-order valence-electron chi connectivity index (χ4n) is 2.16. The molecule has 1 saturated heterocycles. The summed E-state index contributed by atoms with van der Waals surface area (Å²) in [5, 5.41) is 2.96. The second-order valence-electron chi connectivity index (χ2n) is 5.52. The minimum absolute atomic E-state index is 0.0433. The van der Waals surface area contributed by atoms with Crippen LogP contribution in [0.5, 0.6) is 0 Å². The molecule has 0 unspecified atom stereocenters. The number of hydrogen-bond acceptors (Lipinski definition) is 4. The van der Waals surface area contributed by atoms with E-state index >= 15 is 0 Å². The SMILES string of the molecule is CCC[C@@H](N)C(=O)NCC(C)(C)N1CCOCC1. The number of nitrogens with zero attached hydrogens (tertiary/aromatic N) is 1. The highest BCUT2D eigenvalue weighted by atomic mass is 16.5. The van der Waals surface area contributed by atoms with Crippen LogP contribution in [-0.4, -0.2) is 55.2 Å². The molecule has 0 spiro atoms. The molecule has 0 aromatic carbocycles. The molecule has 3 N–H and O–H groups in total. The predicted octanol–water partition coefficient (Wildman–Crippen LogP) is 0.341. The lowest BCUT2D eigenvalue weighted by atomic mass is 10.0. The number of ether oxygens (including phenoxy) is 1. The summed E-state index contributed by atoms with van der Waals surface area (Å²) < 4.78 is 5.34. The van der Waals surface area contributed by atoms with E-state index in [4.69, 9.17) is 10.5 Å². The Labute approximate surface area is 110 Å². The molecule has 1 aliphatic rings. The van der Waals surface area contributed by atoms with Gasteiger partial charge in [0.2, 0.25) is 5.91 Å². The Morgan fingerprint density at radius 1 is 1.44 bits per heavy atom. The first kappa shape index (κ1) is 15.4. The highest BCUT2D eigenvalue weighted by Crippen LogP contribution is 2.15. The molecule has 0 bridgehead atoms. The zero-order valence-electron chi connectivity index (χ0n) is 11.9. The van der Waals surface area contributed by atoms with Crippen LogP contribution in [0.25, 0.3) is 0 Å². The van der Waals surface area contributed by atoms with Gasteiger partial charge >= 0.3 is 0 Å². The number of hydrogen-bond donors (Lipinski definition) is 2. The minimum Gasteiger partial charge on any atom is -0.379 e. The van der Waals surface area contributed by atoms with Crippen LogP contribution in [0.4, 0.5) is 0 Å². The third-order valence-corrected chi connectivity index (χ3v) is 3.50. The molecule has 5 heteroatoms. The monoisotopic (exact) mass is 257 g/mol. The van der Waals surface area contributed by atoms with E-state index in [1.807, 2.05) is 6.92 Å². The summed E-state index contributed by atoms with van der Waals surface area (Å²) in [6, 6.07) is -0.379. The van der Waals surface area contributed by atoms with Crippen molar-refractivity contribution in [1.29, 1.82) is 0 Å². The average molecular weight is 257 g/mol. The summed E-state index contributed by atoms with van der Waals surface area (Å²) in [6.07, 6.45) is 1.67. The third kappa shape index (κ3) is 4.55. The van der Waals surface area contributed by atoms with Gasteiger partial charge in [-0.15, -0.1) is 0 Å². The van der Waals surface area contributed by atoms with Crippen LogP contribution >= 0.6 is 0 Å². The molecule has 5 nitrogen and oxygen atoms in total. The zero-order chi connectivity index (χ0) is 13.6. The molecule has 0 aromatic rings. The van der Waals surface area contributed by atoms with E-state index in [2.05, 4.69) is 24.1 Å². The number of carbonyl (C=O) groups is 1. The Bertz CT molecular complexity index is 263. The van der Waals surface area contributed by atoms with Crippen molar-refractivity contribution in [2.45, 2.75) is 45.2 Å². The van der Waals surface area contributed by atoms with Gasteiger partial charge in [0.1, 0.15) is 0 Å². The van der Waals surface area contributed by atoms with Gasteiger partial charge in [0.05, 0.1) is 19.3 Å². The molecule has 18 heavy (non-hydrogen) atoms. The largest absolute Gasteiger partial charge is 0.379 e. The van der Waals surface area contributed by atoms with E-state index in [1.54, 1.807) is 0 Å². The topological polar surface area (TPSA) is 67.6 Å². The van der Waals surface area contributed by atoms with E-state index in [-0.39, 0.29) is 17.5 Å². The maximum Gasteiger partial charge on any atom is 0.236 e. The van der Waals surface area contributed by atoms with Crippen molar-refractivity contribution in [3.05, 3.63) is 0 Å². The van der Waals surface area contributed by atoms with Crippen LogP contribution in [0.3, 0.4) is 0 Å². The van der Waals surface area contributed by atoms with Gasteiger partial charge in [0.15, 0.2) is 0 Å². The number of morpholine rings is 1. The highest BCUT2D eigenvalue weighted by molar-refractivity contribution is 5.81. The van der Waals surface area contributed by atoms with Crippen LogP contribution in [0.2, 0.25) is 0 Å². The van der Waals surface area contributed by atoms with Gasteiger partial charge in [0.25, 0.3) is 0 Å². The minimum atomic E-state index is -0.379. The molecule has 1 rings (SSSR count). The molecule has 1 aliphatic heterocycles. The van der Waals surface area contributed by atoms with Gasteiger partial charge in [-0.25, -0.2) is 0 Å². The molecule has 1 atom stereocenters. The first-order valence-electron chi connectivity index (χ1n) is 6.83. The van der Waals surface area contributed by atoms with Crippen LogP contribution in [0, 0.1) is 0 Å². The maximum absolute atomic E-state index is 11.8. The van der Waals surface area contributed by atoms with Crippen molar-refractivity contribution in [3.8, 4) is 0 Å². The van der Waals surface area contributed by atoms with Crippen molar-refractivity contribution >= 4 is 5.91 Å². The van der Waals surface area contributed by atoms with Gasteiger partial charge < -0.3 is 15.8 Å². The molecule has 1 heterocycles. The Morgan fingerprint density at radius 2 is 2.06 bits per heavy atom. The van der Waals surface area contributed by atoms with Crippen molar-refractivity contribution in [2.24, 2.45) is 5.73 Å². The van der Waals surface area contributed by atoms with Crippen molar-refractivity contribution in [2.75, 3.05) is 32.8 Å². The molecule has 0 radical (unpaired) electrons. The average Bonchev–Trinajstić information content (AvgIpc) is 2.37. The first-order chi connectivity index (χ1) is 8.47. The smallest absolute Gasteiger partial charge is 0.236 e. The summed E-state index contributed by atoms with van der Waals surface area (Å²) in [6.45, 7) is 10.3. The van der Waals surface area contributed by atoms with Crippen molar-refractivity contribution < 1.29 is 9.53 Å². The van der Waals surface area contributed by atoms with E-state index in [1.165, 1.54) is 0 Å². The van der Waals surface area contributed by atoms with E-state index in [0.29, 0.717) is 6.54 Å². The van der Waals surface area contributed by atoms with Crippen LogP contribution in [-0.2, 0) is 9.53 Å².